The number of hydrogen-bond donors (Lipinski definition) is 1. The Bertz CT molecular complexity index is 175. The molecule has 0 fully saturated rings. The van der Waals surface area contributed by atoms with E-state index < -0.39 is 0 Å². The lowest BCUT2D eigenvalue weighted by Gasteiger charge is -1.97. The van der Waals surface area contributed by atoms with E-state index in [2.05, 4.69) is 5.16 Å². The van der Waals surface area contributed by atoms with Crippen LogP contribution in [0.5, 0.6) is 0 Å². The summed E-state index contributed by atoms with van der Waals surface area (Å²) in [6.07, 6.45) is 2.48. The van der Waals surface area contributed by atoms with Crippen LogP contribution in [0.1, 0.15) is 12.2 Å². The van der Waals surface area contributed by atoms with Crippen molar-refractivity contribution in [1.29, 1.82) is 0 Å². The number of aromatic nitrogens is 1. The average molecular weight is 156 g/mol. The monoisotopic (exact) mass is 156 g/mol. The van der Waals surface area contributed by atoms with Crippen LogP contribution >= 0.6 is 0 Å². The standard InChI is InChI=1S/C7H12N2O2/c8-3-1-5-10-6-7-2-4-9-11-7/h2,4H,1,3,5-6,8H2. The maximum atomic E-state index is 5.27. The molecule has 0 bridgehead atoms. The molecule has 0 aliphatic carbocycles. The van der Waals surface area contributed by atoms with Gasteiger partial charge >= 0.3 is 0 Å². The summed E-state index contributed by atoms with van der Waals surface area (Å²) >= 11 is 0. The molecule has 1 aromatic rings. The van der Waals surface area contributed by atoms with E-state index in [1.165, 1.54) is 0 Å². The third-order valence-corrected chi connectivity index (χ3v) is 1.23. The molecular weight excluding hydrogens is 144 g/mol. The topological polar surface area (TPSA) is 61.3 Å². The van der Waals surface area contributed by atoms with Gasteiger partial charge in [0.1, 0.15) is 6.61 Å². The van der Waals surface area contributed by atoms with E-state index in [1.54, 1.807) is 12.3 Å². The normalized spacial score (nSPS) is 10.3. The third kappa shape index (κ3) is 3.15. The van der Waals surface area contributed by atoms with Gasteiger partial charge in [0, 0.05) is 12.7 Å². The van der Waals surface area contributed by atoms with Crippen molar-refractivity contribution in [3.05, 3.63) is 18.0 Å². The van der Waals surface area contributed by atoms with Crippen molar-refractivity contribution in [3.8, 4) is 0 Å². The molecule has 0 saturated carbocycles. The SMILES string of the molecule is NCCCOCc1ccno1. The highest BCUT2D eigenvalue weighted by molar-refractivity contribution is 4.89. The van der Waals surface area contributed by atoms with E-state index in [0.29, 0.717) is 19.8 Å². The molecule has 0 unspecified atom stereocenters. The van der Waals surface area contributed by atoms with Crippen molar-refractivity contribution < 1.29 is 9.26 Å². The molecule has 0 atom stereocenters. The van der Waals surface area contributed by atoms with Gasteiger partial charge in [-0.1, -0.05) is 5.16 Å². The predicted molar refractivity (Wildman–Crippen MR) is 39.8 cm³/mol. The molecule has 2 N–H and O–H groups in total. The molecule has 0 aliphatic rings. The Kier molecular flexibility index (Phi) is 3.64. The fourth-order valence-electron chi connectivity index (χ4n) is 0.675. The van der Waals surface area contributed by atoms with E-state index in [4.69, 9.17) is 15.0 Å². The molecule has 0 aliphatic heterocycles. The summed E-state index contributed by atoms with van der Waals surface area (Å²) in [5, 5.41) is 3.54. The van der Waals surface area contributed by atoms with Crippen molar-refractivity contribution in [3.63, 3.8) is 0 Å². The van der Waals surface area contributed by atoms with E-state index in [0.717, 1.165) is 12.2 Å². The van der Waals surface area contributed by atoms with Crippen LogP contribution in [0.25, 0.3) is 0 Å². The van der Waals surface area contributed by atoms with E-state index in [1.807, 2.05) is 0 Å². The molecule has 0 saturated heterocycles. The first kappa shape index (κ1) is 8.23. The zero-order valence-corrected chi connectivity index (χ0v) is 6.32. The lowest BCUT2D eigenvalue weighted by molar-refractivity contribution is 0.100. The highest BCUT2D eigenvalue weighted by atomic mass is 16.5. The number of nitrogens with zero attached hydrogens (tertiary/aromatic N) is 1. The zero-order valence-electron chi connectivity index (χ0n) is 6.32. The van der Waals surface area contributed by atoms with Crippen LogP contribution in [-0.4, -0.2) is 18.3 Å². The van der Waals surface area contributed by atoms with Gasteiger partial charge in [-0.05, 0) is 13.0 Å². The molecule has 62 valence electrons. The van der Waals surface area contributed by atoms with Crippen LogP contribution in [0.3, 0.4) is 0 Å². The third-order valence-electron chi connectivity index (χ3n) is 1.23. The van der Waals surface area contributed by atoms with Crippen LogP contribution in [-0.2, 0) is 11.3 Å². The molecule has 1 heterocycles. The second kappa shape index (κ2) is 4.87. The fraction of sp³-hybridized carbons (Fsp3) is 0.571. The second-order valence-electron chi connectivity index (χ2n) is 2.17. The quantitative estimate of drug-likeness (QED) is 0.632. The number of rotatable bonds is 5. The molecule has 1 aromatic heterocycles. The Labute approximate surface area is 65.3 Å². The van der Waals surface area contributed by atoms with Gasteiger partial charge in [-0.25, -0.2) is 0 Å². The molecule has 0 radical (unpaired) electrons. The number of nitrogens with two attached hydrogens (primary N) is 1. The Morgan fingerprint density at radius 3 is 3.18 bits per heavy atom. The first-order valence-electron chi connectivity index (χ1n) is 3.61. The lowest BCUT2D eigenvalue weighted by Crippen LogP contribution is -2.03. The summed E-state index contributed by atoms with van der Waals surface area (Å²) in [6.45, 7) is 1.83. The van der Waals surface area contributed by atoms with Gasteiger partial charge in [0.25, 0.3) is 0 Å². The van der Waals surface area contributed by atoms with Crippen molar-refractivity contribution >= 4 is 0 Å². The Balaban J connectivity index is 2.04. The highest BCUT2D eigenvalue weighted by Crippen LogP contribution is 1.98. The van der Waals surface area contributed by atoms with Crippen LogP contribution in [0, 0.1) is 0 Å². The second-order valence-corrected chi connectivity index (χ2v) is 2.17. The van der Waals surface area contributed by atoms with Crippen LogP contribution in [0.2, 0.25) is 0 Å². The summed E-state index contributed by atoms with van der Waals surface area (Å²) in [7, 11) is 0. The number of hydrogen-bond acceptors (Lipinski definition) is 4. The predicted octanol–water partition coefficient (Wildman–Crippen LogP) is 0.540. The number of ether oxygens (including phenoxy) is 1. The van der Waals surface area contributed by atoms with Crippen molar-refractivity contribution in [2.45, 2.75) is 13.0 Å². The van der Waals surface area contributed by atoms with Gasteiger partial charge in [-0.3, -0.25) is 0 Å². The zero-order chi connectivity index (χ0) is 7.94. The maximum Gasteiger partial charge on any atom is 0.162 e. The Morgan fingerprint density at radius 2 is 2.55 bits per heavy atom. The van der Waals surface area contributed by atoms with E-state index in [-0.39, 0.29) is 0 Å². The minimum absolute atomic E-state index is 0.486. The van der Waals surface area contributed by atoms with E-state index >= 15 is 0 Å². The summed E-state index contributed by atoms with van der Waals surface area (Å²) < 4.78 is 10.0. The Hall–Kier alpha value is -0.870. The molecule has 0 spiro atoms. The molecule has 1 rings (SSSR count). The minimum Gasteiger partial charge on any atom is -0.373 e. The molecule has 11 heavy (non-hydrogen) atoms. The first-order valence-corrected chi connectivity index (χ1v) is 3.61. The first-order chi connectivity index (χ1) is 5.43. The fourth-order valence-corrected chi connectivity index (χ4v) is 0.675. The van der Waals surface area contributed by atoms with Gasteiger partial charge < -0.3 is 15.0 Å². The summed E-state index contributed by atoms with van der Waals surface area (Å²) in [6, 6.07) is 1.78. The lowest BCUT2D eigenvalue weighted by atomic mass is 10.4. The van der Waals surface area contributed by atoms with Gasteiger partial charge in [0.15, 0.2) is 5.76 Å². The van der Waals surface area contributed by atoms with Gasteiger partial charge in [0.2, 0.25) is 0 Å². The van der Waals surface area contributed by atoms with Crippen molar-refractivity contribution in [2.24, 2.45) is 5.73 Å². The van der Waals surface area contributed by atoms with Crippen LogP contribution in [0.4, 0.5) is 0 Å². The average Bonchev–Trinajstić information content (AvgIpc) is 2.50. The van der Waals surface area contributed by atoms with Gasteiger partial charge in [-0.2, -0.15) is 0 Å². The largest absolute Gasteiger partial charge is 0.373 e. The van der Waals surface area contributed by atoms with Crippen molar-refractivity contribution in [1.82, 2.24) is 5.16 Å². The van der Waals surface area contributed by atoms with Gasteiger partial charge in [0.05, 0.1) is 6.20 Å². The van der Waals surface area contributed by atoms with Crippen LogP contribution < -0.4 is 5.73 Å². The van der Waals surface area contributed by atoms with Crippen molar-refractivity contribution in [2.75, 3.05) is 13.2 Å². The van der Waals surface area contributed by atoms with Crippen LogP contribution in [0.15, 0.2) is 16.8 Å². The molecule has 0 amide bonds. The summed E-state index contributed by atoms with van der Waals surface area (Å²) in [4.78, 5) is 0. The summed E-state index contributed by atoms with van der Waals surface area (Å²) in [5.74, 6) is 0.752. The maximum absolute atomic E-state index is 5.27. The molecule has 0 aromatic carbocycles. The molecular formula is C7H12N2O2. The highest BCUT2D eigenvalue weighted by Gasteiger charge is 1.94. The minimum atomic E-state index is 0.486. The van der Waals surface area contributed by atoms with E-state index in [9.17, 15) is 0 Å². The Morgan fingerprint density at radius 1 is 1.64 bits per heavy atom. The molecule has 4 heteroatoms. The molecule has 4 nitrogen and oxygen atoms in total. The summed E-state index contributed by atoms with van der Waals surface area (Å²) in [5.41, 5.74) is 5.27. The van der Waals surface area contributed by atoms with Gasteiger partial charge in [-0.15, -0.1) is 0 Å². The smallest absolute Gasteiger partial charge is 0.162 e.